The van der Waals surface area contributed by atoms with E-state index < -0.39 is 11.5 Å². The van der Waals surface area contributed by atoms with Crippen LogP contribution in [0.3, 0.4) is 0 Å². The van der Waals surface area contributed by atoms with Crippen molar-refractivity contribution in [3.05, 3.63) is 35.9 Å². The molecule has 1 unspecified atom stereocenters. The molecular formula is C14H17NO3. The van der Waals surface area contributed by atoms with Crippen LogP contribution in [0.5, 0.6) is 0 Å². The summed E-state index contributed by atoms with van der Waals surface area (Å²) in [6.07, 6.45) is 0. The second kappa shape index (κ2) is 5.58. The van der Waals surface area contributed by atoms with Gasteiger partial charge in [-0.1, -0.05) is 44.2 Å². The second-order valence-corrected chi connectivity index (χ2v) is 3.79. The Hall–Kier alpha value is -1.97. The van der Waals surface area contributed by atoms with Crippen molar-refractivity contribution < 1.29 is 14.3 Å². The van der Waals surface area contributed by atoms with Crippen molar-refractivity contribution in [1.29, 1.82) is 0 Å². The molecule has 96 valence electrons. The summed E-state index contributed by atoms with van der Waals surface area (Å²) >= 11 is 0. The van der Waals surface area contributed by atoms with Crippen LogP contribution in [-0.2, 0) is 9.53 Å². The van der Waals surface area contributed by atoms with Crippen molar-refractivity contribution in [1.82, 2.24) is 0 Å². The van der Waals surface area contributed by atoms with E-state index in [1.807, 2.05) is 13.8 Å². The lowest BCUT2D eigenvalue weighted by Gasteiger charge is -2.14. The van der Waals surface area contributed by atoms with Crippen molar-refractivity contribution in [3.63, 3.8) is 0 Å². The molecule has 18 heavy (non-hydrogen) atoms. The predicted molar refractivity (Wildman–Crippen MR) is 69.7 cm³/mol. The van der Waals surface area contributed by atoms with E-state index in [-0.39, 0.29) is 11.7 Å². The summed E-state index contributed by atoms with van der Waals surface area (Å²) in [7, 11) is 0. The zero-order valence-corrected chi connectivity index (χ0v) is 11.1. The highest BCUT2D eigenvalue weighted by molar-refractivity contribution is 6.20. The van der Waals surface area contributed by atoms with E-state index in [9.17, 15) is 9.59 Å². The molecule has 4 heteroatoms. The van der Waals surface area contributed by atoms with Gasteiger partial charge in [-0.15, -0.1) is 0 Å². The summed E-state index contributed by atoms with van der Waals surface area (Å²) < 4.78 is 4.81. The monoisotopic (exact) mass is 247 g/mol. The van der Waals surface area contributed by atoms with E-state index in [2.05, 4.69) is 4.99 Å². The molecule has 0 radical (unpaired) electrons. The number of ether oxygens (including phenoxy) is 1. The summed E-state index contributed by atoms with van der Waals surface area (Å²) in [5, 5.41) is 0. The number of nitrogens with zero attached hydrogens (tertiary/aromatic N) is 1. The minimum atomic E-state index is -1.43. The molecular weight excluding hydrogens is 230 g/mol. The summed E-state index contributed by atoms with van der Waals surface area (Å²) in [6, 6.07) is 8.61. The summed E-state index contributed by atoms with van der Waals surface area (Å²) in [4.78, 5) is 27.7. The van der Waals surface area contributed by atoms with Gasteiger partial charge in [-0.25, -0.2) is 9.79 Å². The molecule has 1 heterocycles. The lowest BCUT2D eigenvalue weighted by Crippen LogP contribution is -2.39. The quantitative estimate of drug-likeness (QED) is 0.458. The molecule has 0 bridgehead atoms. The lowest BCUT2D eigenvalue weighted by atomic mass is 9.92. The molecule has 2 rings (SSSR count). The van der Waals surface area contributed by atoms with Gasteiger partial charge in [0.25, 0.3) is 0 Å². The van der Waals surface area contributed by atoms with Gasteiger partial charge in [0.05, 0.1) is 0 Å². The molecule has 0 N–H and O–H groups in total. The molecule has 0 spiro atoms. The molecule has 0 fully saturated rings. The number of esters is 1. The molecule has 0 saturated heterocycles. The van der Waals surface area contributed by atoms with E-state index in [1.165, 1.54) is 6.92 Å². The van der Waals surface area contributed by atoms with Crippen LogP contribution < -0.4 is 0 Å². The van der Waals surface area contributed by atoms with Crippen molar-refractivity contribution in [3.8, 4) is 0 Å². The van der Waals surface area contributed by atoms with Gasteiger partial charge in [-0.05, 0) is 6.92 Å². The first-order valence-electron chi connectivity index (χ1n) is 5.92. The number of carbonyl (C=O) groups is 2. The highest BCUT2D eigenvalue weighted by atomic mass is 16.6. The Morgan fingerprint density at radius 1 is 1.22 bits per heavy atom. The average molecular weight is 247 g/mol. The molecule has 0 amide bonds. The van der Waals surface area contributed by atoms with Crippen LogP contribution in [0.15, 0.2) is 35.3 Å². The minimum Gasteiger partial charge on any atom is -0.410 e. The van der Waals surface area contributed by atoms with Gasteiger partial charge in [0.1, 0.15) is 0 Å². The summed E-state index contributed by atoms with van der Waals surface area (Å²) in [5.74, 6) is -0.717. The number of rotatable bonds is 2. The normalized spacial score (nSPS) is 21.6. The fourth-order valence-corrected chi connectivity index (χ4v) is 1.63. The van der Waals surface area contributed by atoms with Crippen LogP contribution in [0.25, 0.3) is 0 Å². The van der Waals surface area contributed by atoms with E-state index in [4.69, 9.17) is 4.74 Å². The van der Waals surface area contributed by atoms with Gasteiger partial charge in [-0.2, -0.15) is 0 Å². The van der Waals surface area contributed by atoms with Crippen LogP contribution in [0, 0.1) is 0 Å². The summed E-state index contributed by atoms with van der Waals surface area (Å²) in [5.41, 5.74) is -0.966. The molecule has 1 aliphatic rings. The van der Waals surface area contributed by atoms with Gasteiger partial charge < -0.3 is 4.74 Å². The predicted octanol–water partition coefficient (Wildman–Crippen LogP) is 2.63. The van der Waals surface area contributed by atoms with Crippen LogP contribution in [0.4, 0.5) is 0 Å². The largest absolute Gasteiger partial charge is 0.410 e. The zero-order chi connectivity index (χ0) is 13.8. The second-order valence-electron chi connectivity index (χ2n) is 3.79. The molecule has 0 aliphatic carbocycles. The van der Waals surface area contributed by atoms with E-state index >= 15 is 0 Å². The Balaban J connectivity index is 0.000000771. The molecule has 1 atom stereocenters. The van der Waals surface area contributed by atoms with E-state index in [1.54, 1.807) is 37.3 Å². The average Bonchev–Trinajstić information content (AvgIpc) is 2.66. The first-order chi connectivity index (χ1) is 8.54. The maximum Gasteiger partial charge on any atom is 0.348 e. The van der Waals surface area contributed by atoms with Crippen molar-refractivity contribution in [2.24, 2.45) is 4.99 Å². The lowest BCUT2D eigenvalue weighted by molar-refractivity contribution is -0.136. The Morgan fingerprint density at radius 2 is 1.78 bits per heavy atom. The van der Waals surface area contributed by atoms with E-state index in [0.29, 0.717) is 5.56 Å². The Bertz CT molecular complexity index is 479. The molecule has 0 aromatic heterocycles. The Labute approximate surface area is 107 Å². The van der Waals surface area contributed by atoms with Crippen molar-refractivity contribution in [2.45, 2.75) is 33.2 Å². The molecule has 1 aromatic carbocycles. The minimum absolute atomic E-state index is 0.233. The van der Waals surface area contributed by atoms with E-state index in [0.717, 1.165) is 0 Å². The van der Waals surface area contributed by atoms with Crippen LogP contribution in [0.1, 0.15) is 38.1 Å². The number of cyclic esters (lactones) is 1. The Kier molecular flexibility index (Phi) is 4.37. The van der Waals surface area contributed by atoms with Crippen LogP contribution in [-0.4, -0.2) is 23.2 Å². The number of aliphatic imine (C=N–C) groups is 1. The third-order valence-electron chi connectivity index (χ3n) is 2.50. The highest BCUT2D eigenvalue weighted by Crippen LogP contribution is 2.24. The standard InChI is InChI=1S/C12H11NO3.C2H6/c1-8-13-12(2,11(15)16-8)10(14)9-6-4-3-5-7-9;1-2/h3-7H,1-2H3;1-2H3. The molecule has 1 aromatic rings. The topological polar surface area (TPSA) is 55.7 Å². The Morgan fingerprint density at radius 3 is 2.22 bits per heavy atom. The van der Waals surface area contributed by atoms with Gasteiger partial charge in [0.2, 0.25) is 11.3 Å². The fourth-order valence-electron chi connectivity index (χ4n) is 1.63. The number of benzene rings is 1. The van der Waals surface area contributed by atoms with Crippen molar-refractivity contribution >= 4 is 17.7 Å². The first kappa shape index (κ1) is 14.1. The maximum absolute atomic E-state index is 12.1. The summed E-state index contributed by atoms with van der Waals surface area (Å²) in [6.45, 7) is 7.03. The third-order valence-corrected chi connectivity index (χ3v) is 2.50. The number of ketones is 1. The molecule has 1 aliphatic heterocycles. The first-order valence-corrected chi connectivity index (χ1v) is 5.92. The van der Waals surface area contributed by atoms with Gasteiger partial charge in [0.15, 0.2) is 5.90 Å². The number of Topliss-reactive ketones (excluding diaryl/α,β-unsaturated/α-hetero) is 1. The third kappa shape index (κ3) is 2.47. The van der Waals surface area contributed by atoms with Crippen molar-refractivity contribution in [2.75, 3.05) is 0 Å². The van der Waals surface area contributed by atoms with Crippen LogP contribution >= 0.6 is 0 Å². The fraction of sp³-hybridized carbons (Fsp3) is 0.357. The molecule has 0 saturated carbocycles. The highest BCUT2D eigenvalue weighted by Gasteiger charge is 2.47. The van der Waals surface area contributed by atoms with Gasteiger partial charge in [-0.3, -0.25) is 4.79 Å². The number of hydrogen-bond acceptors (Lipinski definition) is 4. The van der Waals surface area contributed by atoms with Crippen LogP contribution in [0.2, 0.25) is 0 Å². The smallest absolute Gasteiger partial charge is 0.348 e. The SMILES string of the molecule is CC.CC1=NC(C)(C(=O)c2ccccc2)C(=O)O1. The maximum atomic E-state index is 12.1. The molecule has 4 nitrogen and oxygen atoms in total. The van der Waals surface area contributed by atoms with Gasteiger partial charge >= 0.3 is 5.97 Å². The zero-order valence-electron chi connectivity index (χ0n) is 11.1. The number of carbonyl (C=O) groups excluding carboxylic acids is 2. The number of hydrogen-bond donors (Lipinski definition) is 0. The van der Waals surface area contributed by atoms with Gasteiger partial charge in [0, 0.05) is 12.5 Å².